The van der Waals surface area contributed by atoms with Gasteiger partial charge in [0.25, 0.3) is 0 Å². The highest BCUT2D eigenvalue weighted by atomic mass is 19.1. The largest absolute Gasteiger partial charge is 0.377 e. The summed E-state index contributed by atoms with van der Waals surface area (Å²) >= 11 is 0. The van der Waals surface area contributed by atoms with Crippen molar-refractivity contribution < 1.29 is 9.13 Å². The van der Waals surface area contributed by atoms with E-state index in [0.29, 0.717) is 18.1 Å². The summed E-state index contributed by atoms with van der Waals surface area (Å²) in [5, 5.41) is 3.54. The van der Waals surface area contributed by atoms with Gasteiger partial charge in [-0.05, 0) is 49.3 Å². The van der Waals surface area contributed by atoms with Gasteiger partial charge in [0.2, 0.25) is 0 Å². The summed E-state index contributed by atoms with van der Waals surface area (Å²) in [6.07, 6.45) is 7.89. The van der Waals surface area contributed by atoms with Gasteiger partial charge in [0, 0.05) is 12.6 Å². The van der Waals surface area contributed by atoms with Gasteiger partial charge in [0.1, 0.15) is 5.82 Å². The number of ether oxygens (including phenoxy) is 1. The maximum atomic E-state index is 13.1. The predicted molar refractivity (Wildman–Crippen MR) is 78.4 cm³/mol. The van der Waals surface area contributed by atoms with Crippen LogP contribution in [-0.4, -0.2) is 25.3 Å². The van der Waals surface area contributed by atoms with E-state index in [4.69, 9.17) is 4.74 Å². The van der Waals surface area contributed by atoms with Crippen LogP contribution in [0.2, 0.25) is 0 Å². The van der Waals surface area contributed by atoms with Crippen LogP contribution in [-0.2, 0) is 4.74 Å². The molecule has 2 fully saturated rings. The summed E-state index contributed by atoms with van der Waals surface area (Å²) in [5.41, 5.74) is 1.14. The molecule has 2 aliphatic carbocycles. The molecule has 1 aromatic rings. The zero-order valence-electron chi connectivity index (χ0n) is 12.0. The number of halogens is 1. The summed E-state index contributed by atoms with van der Waals surface area (Å²) in [6.45, 7) is 1.77. The maximum absolute atomic E-state index is 13.1. The van der Waals surface area contributed by atoms with Crippen molar-refractivity contribution in [3.63, 3.8) is 0 Å². The van der Waals surface area contributed by atoms with E-state index < -0.39 is 0 Å². The van der Waals surface area contributed by atoms with Crippen LogP contribution in [0.25, 0.3) is 0 Å². The van der Waals surface area contributed by atoms with E-state index in [9.17, 15) is 4.39 Å². The van der Waals surface area contributed by atoms with Crippen molar-refractivity contribution in [3.05, 3.63) is 35.6 Å². The van der Waals surface area contributed by atoms with Crippen LogP contribution in [0.5, 0.6) is 0 Å². The summed E-state index contributed by atoms with van der Waals surface area (Å²) in [4.78, 5) is 0. The summed E-state index contributed by atoms with van der Waals surface area (Å²) < 4.78 is 19.0. The molecule has 1 N–H and O–H groups in total. The van der Waals surface area contributed by atoms with Gasteiger partial charge >= 0.3 is 0 Å². The molecule has 1 aromatic carbocycles. The molecule has 0 bridgehead atoms. The van der Waals surface area contributed by atoms with Crippen molar-refractivity contribution in [2.24, 2.45) is 0 Å². The lowest BCUT2D eigenvalue weighted by Gasteiger charge is -2.36. The second kappa shape index (κ2) is 6.68. The molecular formula is C17H24FNO. The lowest BCUT2D eigenvalue weighted by molar-refractivity contribution is 0.0571. The number of hydrogen-bond acceptors (Lipinski definition) is 2. The highest BCUT2D eigenvalue weighted by Crippen LogP contribution is 2.36. The molecule has 0 aromatic heterocycles. The molecule has 0 unspecified atom stereocenters. The fraction of sp³-hybridized carbons (Fsp3) is 0.647. The Labute approximate surface area is 120 Å². The Balaban J connectivity index is 1.30. The van der Waals surface area contributed by atoms with E-state index in [2.05, 4.69) is 5.32 Å². The third kappa shape index (κ3) is 3.58. The average molecular weight is 277 g/mol. The topological polar surface area (TPSA) is 21.3 Å². The Morgan fingerprint density at radius 2 is 2.00 bits per heavy atom. The van der Waals surface area contributed by atoms with Gasteiger partial charge in [0.05, 0.1) is 12.7 Å². The number of hydrogen-bond donors (Lipinski definition) is 1. The first kappa shape index (κ1) is 14.0. The van der Waals surface area contributed by atoms with Crippen LogP contribution >= 0.6 is 0 Å². The number of rotatable bonds is 6. The zero-order chi connectivity index (χ0) is 13.8. The second-order valence-corrected chi connectivity index (χ2v) is 6.15. The quantitative estimate of drug-likeness (QED) is 0.802. The van der Waals surface area contributed by atoms with Crippen LogP contribution in [0, 0.1) is 5.82 Å². The van der Waals surface area contributed by atoms with Crippen LogP contribution in [0.1, 0.15) is 50.0 Å². The third-order valence-corrected chi connectivity index (χ3v) is 4.65. The van der Waals surface area contributed by atoms with Crippen LogP contribution in [0.4, 0.5) is 4.39 Å². The first-order chi connectivity index (χ1) is 9.81. The van der Waals surface area contributed by atoms with E-state index >= 15 is 0 Å². The van der Waals surface area contributed by atoms with Crippen molar-refractivity contribution in [2.45, 2.75) is 56.6 Å². The van der Waals surface area contributed by atoms with Gasteiger partial charge in [-0.3, -0.25) is 0 Å². The highest BCUT2D eigenvalue weighted by molar-refractivity contribution is 5.23. The summed E-state index contributed by atoms with van der Waals surface area (Å²) in [5.74, 6) is 0.405. The van der Waals surface area contributed by atoms with Gasteiger partial charge in [-0.25, -0.2) is 4.39 Å². The minimum atomic E-state index is -0.121. The Morgan fingerprint density at radius 3 is 2.75 bits per heavy atom. The normalized spacial score (nSPS) is 26.6. The minimum absolute atomic E-state index is 0.121. The van der Waals surface area contributed by atoms with Crippen molar-refractivity contribution >= 4 is 0 Å². The van der Waals surface area contributed by atoms with E-state index in [1.54, 1.807) is 12.1 Å². The van der Waals surface area contributed by atoms with Crippen molar-refractivity contribution in [2.75, 3.05) is 13.2 Å². The molecule has 110 valence electrons. The molecular weight excluding hydrogens is 253 g/mol. The fourth-order valence-electron chi connectivity index (χ4n) is 3.36. The summed E-state index contributed by atoms with van der Waals surface area (Å²) in [7, 11) is 0. The second-order valence-electron chi connectivity index (χ2n) is 6.15. The molecule has 0 amide bonds. The van der Waals surface area contributed by atoms with Gasteiger partial charge < -0.3 is 10.1 Å². The minimum Gasteiger partial charge on any atom is -0.377 e. The van der Waals surface area contributed by atoms with Crippen molar-refractivity contribution in [3.8, 4) is 0 Å². The Bertz CT molecular complexity index is 425. The van der Waals surface area contributed by atoms with E-state index in [0.717, 1.165) is 31.6 Å². The Morgan fingerprint density at radius 1 is 1.20 bits per heavy atom. The van der Waals surface area contributed by atoms with Crippen molar-refractivity contribution in [1.82, 2.24) is 5.32 Å². The molecule has 0 saturated heterocycles. The lowest BCUT2D eigenvalue weighted by Crippen LogP contribution is -2.41. The smallest absolute Gasteiger partial charge is 0.123 e. The molecule has 20 heavy (non-hydrogen) atoms. The van der Waals surface area contributed by atoms with Gasteiger partial charge in [0.15, 0.2) is 0 Å². The first-order valence-electron chi connectivity index (χ1n) is 7.92. The number of nitrogens with one attached hydrogen (secondary N) is 1. The molecule has 0 atom stereocenters. The molecule has 3 rings (SSSR count). The van der Waals surface area contributed by atoms with E-state index in [1.165, 1.54) is 31.7 Å². The molecule has 0 aliphatic heterocycles. The monoisotopic (exact) mass is 277 g/mol. The molecule has 2 aliphatic rings. The van der Waals surface area contributed by atoms with E-state index in [1.807, 2.05) is 6.07 Å². The average Bonchev–Trinajstić information content (AvgIpc) is 2.89. The SMILES string of the molecule is Fc1cccc(C2CC(NCCOC3CCCC3)C2)c1. The third-order valence-electron chi connectivity index (χ3n) is 4.65. The fourth-order valence-corrected chi connectivity index (χ4v) is 3.36. The van der Waals surface area contributed by atoms with E-state index in [-0.39, 0.29) is 5.82 Å². The molecule has 0 heterocycles. The van der Waals surface area contributed by atoms with Crippen LogP contribution in [0.3, 0.4) is 0 Å². The van der Waals surface area contributed by atoms with Crippen LogP contribution in [0.15, 0.2) is 24.3 Å². The molecule has 0 radical (unpaired) electrons. The highest BCUT2D eigenvalue weighted by Gasteiger charge is 2.29. The Kier molecular flexibility index (Phi) is 4.69. The Hall–Kier alpha value is -0.930. The van der Waals surface area contributed by atoms with Crippen LogP contribution < -0.4 is 5.32 Å². The summed E-state index contributed by atoms with van der Waals surface area (Å²) in [6, 6.07) is 7.60. The van der Waals surface area contributed by atoms with Gasteiger partial charge in [-0.15, -0.1) is 0 Å². The standard InChI is InChI=1S/C17H24FNO/c18-15-5-3-4-13(10-15)14-11-16(12-14)19-8-9-20-17-6-1-2-7-17/h3-5,10,14,16-17,19H,1-2,6-9,11-12H2. The first-order valence-corrected chi connectivity index (χ1v) is 7.92. The lowest BCUT2D eigenvalue weighted by atomic mass is 9.76. The molecule has 0 spiro atoms. The van der Waals surface area contributed by atoms with Crippen molar-refractivity contribution in [1.29, 1.82) is 0 Å². The number of benzene rings is 1. The predicted octanol–water partition coefficient (Wildman–Crippen LogP) is 3.62. The zero-order valence-corrected chi connectivity index (χ0v) is 12.0. The molecule has 3 heteroatoms. The maximum Gasteiger partial charge on any atom is 0.123 e. The molecule has 2 saturated carbocycles. The van der Waals surface area contributed by atoms with Gasteiger partial charge in [-0.1, -0.05) is 25.0 Å². The molecule has 2 nitrogen and oxygen atoms in total. The van der Waals surface area contributed by atoms with Gasteiger partial charge in [-0.2, -0.15) is 0 Å².